The Bertz CT molecular complexity index is 356. The number of carboxylic acids is 1. The minimum atomic E-state index is -1.08. The maximum atomic E-state index is 10.3. The second-order valence-corrected chi connectivity index (χ2v) is 4.51. The van der Waals surface area contributed by atoms with Crippen molar-refractivity contribution in [1.82, 2.24) is 4.98 Å². The maximum absolute atomic E-state index is 10.3. The number of aromatic nitrogens is 1. The molecule has 1 N–H and O–H groups in total. The zero-order valence-electron chi connectivity index (χ0n) is 8.82. The Morgan fingerprint density at radius 2 is 2.47 bits per heavy atom. The van der Waals surface area contributed by atoms with Gasteiger partial charge in [0.2, 0.25) is 0 Å². The molecule has 1 aliphatic rings. The molecular weight excluding hydrogens is 207 g/mol. The molecule has 0 amide bonds. The molecule has 1 aromatic rings. The second-order valence-electron chi connectivity index (χ2n) is 3.66. The first-order valence-corrected chi connectivity index (χ1v) is 5.44. The number of nitrogens with zero attached hydrogens (tertiary/aromatic N) is 1. The normalized spacial score (nSPS) is 23.0. The summed E-state index contributed by atoms with van der Waals surface area (Å²) in [5.74, 6) is -0.370. The van der Waals surface area contributed by atoms with E-state index in [0.717, 1.165) is 5.13 Å². The van der Waals surface area contributed by atoms with Gasteiger partial charge < -0.3 is 15.2 Å². The van der Waals surface area contributed by atoms with Gasteiger partial charge in [0.15, 0.2) is 5.13 Å². The molecule has 0 radical (unpaired) electrons. The van der Waals surface area contributed by atoms with Crippen molar-refractivity contribution < 1.29 is 28.8 Å². The Balaban J connectivity index is 0.00000112. The van der Waals surface area contributed by atoms with Gasteiger partial charge in [-0.05, 0) is 12.3 Å². The number of nitrogens with one attached hydrogen (secondary N) is 1. The Morgan fingerprint density at radius 1 is 1.80 bits per heavy atom. The summed E-state index contributed by atoms with van der Waals surface area (Å²) in [6, 6.07) is 0.525. The third kappa shape index (κ3) is 3.53. The number of anilines is 1. The fraction of sp³-hybridized carbons (Fsp3) is 0.556. The third-order valence-corrected chi connectivity index (χ3v) is 3.12. The van der Waals surface area contributed by atoms with Gasteiger partial charge >= 0.3 is 18.9 Å². The molecule has 76 valence electrons. The van der Waals surface area contributed by atoms with Gasteiger partial charge in [0.05, 0.1) is 5.69 Å². The van der Waals surface area contributed by atoms with Crippen molar-refractivity contribution in [2.24, 2.45) is 5.92 Å². The van der Waals surface area contributed by atoms with Crippen molar-refractivity contribution in [3.05, 3.63) is 11.1 Å². The second kappa shape index (κ2) is 5.02. The minimum Gasteiger partial charge on any atom is -0.550 e. The molecule has 1 aliphatic carbocycles. The van der Waals surface area contributed by atoms with Crippen molar-refractivity contribution in [3.63, 3.8) is 0 Å². The van der Waals surface area contributed by atoms with Gasteiger partial charge in [0, 0.05) is 23.8 Å². The summed E-state index contributed by atoms with van der Waals surface area (Å²) < 4.78 is 0. The van der Waals surface area contributed by atoms with Crippen molar-refractivity contribution in [1.29, 1.82) is 0 Å². The fourth-order valence-electron chi connectivity index (χ4n) is 1.28. The molecular formula is C9H11LiN2O2S. The molecule has 1 saturated carbocycles. The van der Waals surface area contributed by atoms with Gasteiger partial charge in [0.25, 0.3) is 0 Å². The van der Waals surface area contributed by atoms with Crippen molar-refractivity contribution in [2.75, 3.05) is 5.32 Å². The summed E-state index contributed by atoms with van der Waals surface area (Å²) in [4.78, 5) is 14.4. The number of aliphatic carboxylic acids is 1. The van der Waals surface area contributed by atoms with Crippen LogP contribution >= 0.6 is 11.3 Å². The van der Waals surface area contributed by atoms with E-state index in [0.29, 0.717) is 17.7 Å². The monoisotopic (exact) mass is 218 g/mol. The predicted molar refractivity (Wildman–Crippen MR) is 52.0 cm³/mol. The number of rotatable bonds is 4. The Kier molecular flexibility index (Phi) is 4.20. The van der Waals surface area contributed by atoms with E-state index >= 15 is 0 Å². The van der Waals surface area contributed by atoms with Crippen LogP contribution in [0.25, 0.3) is 0 Å². The molecule has 0 aromatic carbocycles. The molecule has 0 saturated heterocycles. The van der Waals surface area contributed by atoms with E-state index in [1.165, 1.54) is 17.8 Å². The van der Waals surface area contributed by atoms with Crippen LogP contribution in [0.5, 0.6) is 0 Å². The third-order valence-electron chi connectivity index (χ3n) is 2.30. The van der Waals surface area contributed by atoms with Crippen molar-refractivity contribution >= 4 is 22.4 Å². The summed E-state index contributed by atoms with van der Waals surface area (Å²) in [5, 5.41) is 16.1. The molecule has 0 spiro atoms. The van der Waals surface area contributed by atoms with Crippen molar-refractivity contribution in [2.45, 2.75) is 25.8 Å². The van der Waals surface area contributed by atoms with E-state index in [4.69, 9.17) is 0 Å². The Morgan fingerprint density at radius 3 is 3.00 bits per heavy atom. The Labute approximate surface area is 104 Å². The summed E-state index contributed by atoms with van der Waals surface area (Å²) in [7, 11) is 0. The quantitative estimate of drug-likeness (QED) is 0.557. The molecule has 1 aromatic heterocycles. The summed E-state index contributed by atoms with van der Waals surface area (Å²) in [5.41, 5.74) is 0.575. The Hall–Kier alpha value is -0.503. The van der Waals surface area contributed by atoms with E-state index in [9.17, 15) is 9.90 Å². The fourth-order valence-corrected chi connectivity index (χ4v) is 2.06. The van der Waals surface area contributed by atoms with Gasteiger partial charge in [0.1, 0.15) is 0 Å². The largest absolute Gasteiger partial charge is 1.00 e. The topological polar surface area (TPSA) is 65.0 Å². The first kappa shape index (κ1) is 12.6. The molecule has 4 nitrogen and oxygen atoms in total. The number of carboxylic acid groups (broad SMARTS) is 1. The van der Waals surface area contributed by atoms with Gasteiger partial charge in [-0.1, -0.05) is 6.92 Å². The number of hydrogen-bond donors (Lipinski definition) is 1. The molecule has 2 rings (SSSR count). The van der Waals surface area contributed by atoms with E-state index in [2.05, 4.69) is 17.2 Å². The standard InChI is InChI=1S/C9H12N2O2S.Li/c1-5-2-7(5)11-9-10-6(4-14-9)3-8(12)13;/h4-5,7H,2-3H2,1H3,(H,10,11)(H,12,13);/q;+1/p-1. The maximum Gasteiger partial charge on any atom is 1.00 e. The van der Waals surface area contributed by atoms with Gasteiger partial charge in [-0.2, -0.15) is 0 Å². The van der Waals surface area contributed by atoms with E-state index in [1.54, 1.807) is 5.38 Å². The molecule has 2 atom stereocenters. The predicted octanol–water partition coefficient (Wildman–Crippen LogP) is -2.74. The van der Waals surface area contributed by atoms with E-state index in [-0.39, 0.29) is 25.3 Å². The van der Waals surface area contributed by atoms with Crippen LogP contribution in [0.15, 0.2) is 5.38 Å². The summed E-state index contributed by atoms with van der Waals surface area (Å²) in [6.45, 7) is 2.17. The zero-order valence-corrected chi connectivity index (χ0v) is 9.63. The molecule has 1 heterocycles. The summed E-state index contributed by atoms with van der Waals surface area (Å²) in [6.07, 6.45) is 1.08. The number of thiazole rings is 1. The van der Waals surface area contributed by atoms with Crippen LogP contribution in [-0.4, -0.2) is 17.0 Å². The molecule has 2 unspecified atom stereocenters. The molecule has 1 fully saturated rings. The van der Waals surface area contributed by atoms with Crippen LogP contribution in [0.2, 0.25) is 0 Å². The smallest absolute Gasteiger partial charge is 0.550 e. The van der Waals surface area contributed by atoms with Gasteiger partial charge in [-0.15, -0.1) is 11.3 Å². The molecule has 15 heavy (non-hydrogen) atoms. The van der Waals surface area contributed by atoms with Crippen molar-refractivity contribution in [3.8, 4) is 0 Å². The first-order valence-electron chi connectivity index (χ1n) is 4.56. The van der Waals surface area contributed by atoms with Gasteiger partial charge in [-0.3, -0.25) is 0 Å². The number of hydrogen-bond acceptors (Lipinski definition) is 5. The molecule has 6 heteroatoms. The van der Waals surface area contributed by atoms with Gasteiger partial charge in [-0.25, -0.2) is 4.98 Å². The molecule has 0 aliphatic heterocycles. The van der Waals surface area contributed by atoms with E-state index in [1.807, 2.05) is 0 Å². The average molecular weight is 218 g/mol. The zero-order chi connectivity index (χ0) is 10.1. The van der Waals surface area contributed by atoms with Crippen LogP contribution < -0.4 is 29.3 Å². The van der Waals surface area contributed by atoms with Crippen LogP contribution in [0.3, 0.4) is 0 Å². The van der Waals surface area contributed by atoms with Crippen LogP contribution in [0.1, 0.15) is 19.0 Å². The van der Waals surface area contributed by atoms with Crippen LogP contribution in [0, 0.1) is 5.92 Å². The minimum absolute atomic E-state index is 0. The average Bonchev–Trinajstić information content (AvgIpc) is 2.60. The number of carbonyl (C=O) groups is 1. The first-order chi connectivity index (χ1) is 6.65. The van der Waals surface area contributed by atoms with E-state index < -0.39 is 5.97 Å². The summed E-state index contributed by atoms with van der Waals surface area (Å²) >= 11 is 1.45. The van der Waals surface area contributed by atoms with Crippen LogP contribution in [0.4, 0.5) is 5.13 Å². The number of carbonyl (C=O) groups excluding carboxylic acids is 1. The SMILES string of the molecule is CC1CC1Nc1nc(CC(=O)[O-])cs1.[Li+]. The molecule has 0 bridgehead atoms. The van der Waals surface area contributed by atoms with Crippen LogP contribution in [-0.2, 0) is 11.2 Å².